The molecule has 0 aliphatic carbocycles. The maximum atomic E-state index is 12.7. The van der Waals surface area contributed by atoms with Crippen molar-refractivity contribution in [2.75, 3.05) is 39.3 Å². The minimum absolute atomic E-state index is 0.0240. The van der Waals surface area contributed by atoms with Crippen molar-refractivity contribution < 1.29 is 13.2 Å². The molecule has 0 aromatic carbocycles. The lowest BCUT2D eigenvalue weighted by Gasteiger charge is -2.36. The summed E-state index contributed by atoms with van der Waals surface area (Å²) in [7, 11) is -3.28. The van der Waals surface area contributed by atoms with Crippen LogP contribution < -0.4 is 5.32 Å². The lowest BCUT2D eigenvalue weighted by atomic mass is 10.1. The lowest BCUT2D eigenvalue weighted by molar-refractivity contribution is 0.179. The highest BCUT2D eigenvalue weighted by Crippen LogP contribution is 2.25. The van der Waals surface area contributed by atoms with Crippen molar-refractivity contribution in [2.24, 2.45) is 0 Å². The van der Waals surface area contributed by atoms with Crippen molar-refractivity contribution in [3.05, 3.63) is 0 Å². The Hall–Kier alpha value is -0.860. The fourth-order valence-electron chi connectivity index (χ4n) is 4.28. The third-order valence-electron chi connectivity index (χ3n) is 5.99. The molecule has 0 spiro atoms. The summed E-state index contributed by atoms with van der Waals surface area (Å²) in [4.78, 5) is 17.2. The van der Waals surface area contributed by atoms with E-state index in [-0.39, 0.29) is 12.1 Å². The van der Waals surface area contributed by atoms with Crippen LogP contribution in [0.5, 0.6) is 0 Å². The molecule has 7 nitrogen and oxygen atoms in total. The largest absolute Gasteiger partial charge is 0.335 e. The number of piperidine rings is 1. The molecule has 1 N–H and O–H groups in total. The smallest absolute Gasteiger partial charge is 0.317 e. The van der Waals surface area contributed by atoms with Crippen LogP contribution in [0.4, 0.5) is 4.79 Å². The molecule has 8 heteroatoms. The van der Waals surface area contributed by atoms with Crippen LogP contribution in [0.2, 0.25) is 0 Å². The zero-order valence-electron chi connectivity index (χ0n) is 16.4. The van der Waals surface area contributed by atoms with Gasteiger partial charge in [-0.3, -0.25) is 4.90 Å². The first-order valence-corrected chi connectivity index (χ1v) is 11.4. The molecule has 1 atom stereocenters. The molecule has 0 aromatic heterocycles. The summed E-state index contributed by atoms with van der Waals surface area (Å²) < 4.78 is 25.9. The number of hydrogen-bond acceptors (Lipinski definition) is 4. The normalized spacial score (nSPS) is 27.2. The summed E-state index contributed by atoms with van der Waals surface area (Å²) in [6.45, 7) is 10.1. The number of rotatable bonds is 2. The van der Waals surface area contributed by atoms with Gasteiger partial charge in [-0.2, -0.15) is 0 Å². The van der Waals surface area contributed by atoms with Gasteiger partial charge in [-0.25, -0.2) is 17.5 Å². The van der Waals surface area contributed by atoms with E-state index in [1.165, 1.54) is 19.4 Å². The molecule has 3 aliphatic rings. The third kappa shape index (κ3) is 4.17. The Balaban J connectivity index is 1.50. The topological polar surface area (TPSA) is 73.0 Å². The van der Waals surface area contributed by atoms with Gasteiger partial charge in [0.2, 0.25) is 10.0 Å². The fourth-order valence-corrected chi connectivity index (χ4v) is 5.75. The predicted molar refractivity (Wildman–Crippen MR) is 103 cm³/mol. The average Bonchev–Trinajstić information content (AvgIpc) is 2.91. The van der Waals surface area contributed by atoms with Gasteiger partial charge < -0.3 is 10.2 Å². The molecular formula is C18H34N4O3S. The summed E-state index contributed by atoms with van der Waals surface area (Å²) in [6.07, 6.45) is 4.83. The number of carbonyl (C=O) groups excluding carboxylic acids is 1. The van der Waals surface area contributed by atoms with E-state index in [2.05, 4.69) is 10.2 Å². The Morgan fingerprint density at radius 2 is 1.62 bits per heavy atom. The number of nitrogens with one attached hydrogen (secondary N) is 1. The highest BCUT2D eigenvalue weighted by molar-refractivity contribution is 7.90. The summed E-state index contributed by atoms with van der Waals surface area (Å²) in [5.41, 5.74) is 0. The van der Waals surface area contributed by atoms with Gasteiger partial charge in [-0.1, -0.05) is 0 Å². The third-order valence-corrected chi connectivity index (χ3v) is 8.58. The van der Waals surface area contributed by atoms with E-state index in [0.717, 1.165) is 26.1 Å². The van der Waals surface area contributed by atoms with E-state index in [1.807, 2.05) is 4.90 Å². The zero-order valence-corrected chi connectivity index (χ0v) is 17.2. The van der Waals surface area contributed by atoms with Crippen LogP contribution in [0.25, 0.3) is 0 Å². The standard InChI is InChI=1S/C18H34N4O3S/c1-18(2,3)26(24,25)22-12-7-15(8-13-22)19-17(23)21-11-5-10-20-9-4-6-16(20)14-21/h15-16H,4-14H2,1-3H3,(H,19,23). The highest BCUT2D eigenvalue weighted by atomic mass is 32.2. The van der Waals surface area contributed by atoms with Gasteiger partial charge in [0.25, 0.3) is 0 Å². The second-order valence-corrected chi connectivity index (χ2v) is 11.6. The first kappa shape index (κ1) is 19.9. The Bertz CT molecular complexity index is 608. The molecule has 3 rings (SSSR count). The average molecular weight is 387 g/mol. The van der Waals surface area contributed by atoms with Crippen molar-refractivity contribution in [1.29, 1.82) is 0 Å². The van der Waals surface area contributed by atoms with Crippen molar-refractivity contribution in [3.8, 4) is 0 Å². The number of carbonyl (C=O) groups is 1. The van der Waals surface area contributed by atoms with E-state index in [4.69, 9.17) is 0 Å². The number of urea groups is 1. The quantitative estimate of drug-likeness (QED) is 0.780. The molecule has 26 heavy (non-hydrogen) atoms. The Morgan fingerprint density at radius 1 is 0.962 bits per heavy atom. The molecule has 2 amide bonds. The molecule has 0 saturated carbocycles. The monoisotopic (exact) mass is 386 g/mol. The minimum Gasteiger partial charge on any atom is -0.335 e. The van der Waals surface area contributed by atoms with Crippen LogP contribution in [-0.4, -0.2) is 84.7 Å². The molecule has 0 aromatic rings. The molecule has 3 saturated heterocycles. The zero-order chi connectivity index (χ0) is 18.9. The summed E-state index contributed by atoms with van der Waals surface area (Å²) in [5, 5.41) is 3.15. The minimum atomic E-state index is -3.28. The number of sulfonamides is 1. The lowest BCUT2D eigenvalue weighted by Crippen LogP contribution is -2.53. The van der Waals surface area contributed by atoms with Crippen LogP contribution in [0.1, 0.15) is 52.9 Å². The van der Waals surface area contributed by atoms with Gasteiger partial charge >= 0.3 is 6.03 Å². The van der Waals surface area contributed by atoms with Gasteiger partial charge in [0.05, 0.1) is 4.75 Å². The fraction of sp³-hybridized carbons (Fsp3) is 0.944. The van der Waals surface area contributed by atoms with Gasteiger partial charge in [-0.05, 0) is 59.4 Å². The first-order chi connectivity index (χ1) is 12.2. The number of amides is 2. The SMILES string of the molecule is CC(C)(C)S(=O)(=O)N1CCC(NC(=O)N2CCCN3CCCC3C2)CC1. The van der Waals surface area contributed by atoms with E-state index in [0.29, 0.717) is 32.0 Å². The first-order valence-electron chi connectivity index (χ1n) is 9.97. The van der Waals surface area contributed by atoms with Gasteiger partial charge in [0.15, 0.2) is 0 Å². The van der Waals surface area contributed by atoms with Crippen LogP contribution in [0.3, 0.4) is 0 Å². The number of nitrogens with zero attached hydrogens (tertiary/aromatic N) is 3. The number of hydrogen-bond donors (Lipinski definition) is 1. The second-order valence-electron chi connectivity index (χ2n) is 8.87. The molecule has 1 unspecified atom stereocenters. The second kappa shape index (κ2) is 7.64. The van der Waals surface area contributed by atoms with Gasteiger partial charge in [0, 0.05) is 44.8 Å². The van der Waals surface area contributed by atoms with Crippen LogP contribution in [-0.2, 0) is 10.0 Å². The predicted octanol–water partition coefficient (Wildman–Crippen LogP) is 1.46. The molecule has 3 heterocycles. The van der Waals surface area contributed by atoms with Crippen molar-refractivity contribution in [3.63, 3.8) is 0 Å². The van der Waals surface area contributed by atoms with E-state index < -0.39 is 14.8 Å². The summed E-state index contributed by atoms with van der Waals surface area (Å²) >= 11 is 0. The van der Waals surface area contributed by atoms with Gasteiger partial charge in [0.1, 0.15) is 0 Å². The van der Waals surface area contributed by atoms with Crippen molar-refractivity contribution in [2.45, 2.75) is 69.7 Å². The highest BCUT2D eigenvalue weighted by Gasteiger charge is 2.38. The number of fused-ring (bicyclic) bond motifs is 1. The van der Waals surface area contributed by atoms with Crippen LogP contribution in [0.15, 0.2) is 0 Å². The van der Waals surface area contributed by atoms with E-state index in [1.54, 1.807) is 25.1 Å². The molecule has 150 valence electrons. The molecule has 0 bridgehead atoms. The molecule has 0 radical (unpaired) electrons. The molecule has 3 aliphatic heterocycles. The van der Waals surface area contributed by atoms with Crippen LogP contribution in [0, 0.1) is 0 Å². The van der Waals surface area contributed by atoms with E-state index in [9.17, 15) is 13.2 Å². The maximum Gasteiger partial charge on any atom is 0.317 e. The Kier molecular flexibility index (Phi) is 5.84. The van der Waals surface area contributed by atoms with Crippen molar-refractivity contribution >= 4 is 16.1 Å². The Morgan fingerprint density at radius 3 is 2.27 bits per heavy atom. The van der Waals surface area contributed by atoms with Gasteiger partial charge in [-0.15, -0.1) is 0 Å². The summed E-state index contributed by atoms with van der Waals surface area (Å²) in [5.74, 6) is 0. The summed E-state index contributed by atoms with van der Waals surface area (Å²) in [6, 6.07) is 0.606. The Labute approximate surface area is 158 Å². The van der Waals surface area contributed by atoms with Crippen molar-refractivity contribution in [1.82, 2.24) is 19.4 Å². The molecule has 3 fully saturated rings. The van der Waals surface area contributed by atoms with Crippen LogP contribution >= 0.6 is 0 Å². The maximum absolute atomic E-state index is 12.7. The van der Waals surface area contributed by atoms with E-state index >= 15 is 0 Å². The molecular weight excluding hydrogens is 352 g/mol.